The van der Waals surface area contributed by atoms with Crippen molar-refractivity contribution in [3.05, 3.63) is 0 Å². The van der Waals surface area contributed by atoms with Gasteiger partial charge in [0.05, 0.1) is 6.10 Å². The minimum Gasteiger partial charge on any atom is -0.393 e. The zero-order valence-corrected chi connectivity index (χ0v) is 8.59. The van der Waals surface area contributed by atoms with Crippen molar-refractivity contribution in [2.24, 2.45) is 17.8 Å². The van der Waals surface area contributed by atoms with Gasteiger partial charge in [-0.15, -0.1) is 0 Å². The summed E-state index contributed by atoms with van der Waals surface area (Å²) < 4.78 is 0. The molecule has 1 rings (SSSR count). The molecule has 72 valence electrons. The largest absolute Gasteiger partial charge is 0.393 e. The van der Waals surface area contributed by atoms with E-state index in [1.165, 1.54) is 25.7 Å². The second kappa shape index (κ2) is 4.27. The van der Waals surface area contributed by atoms with Crippen LogP contribution < -0.4 is 0 Å². The predicted octanol–water partition coefficient (Wildman–Crippen LogP) is 2.83. The summed E-state index contributed by atoms with van der Waals surface area (Å²) in [7, 11) is 0. The lowest BCUT2D eigenvalue weighted by Gasteiger charge is -2.36. The Hall–Kier alpha value is -0.0400. The molecule has 4 unspecified atom stereocenters. The normalized spacial score (nSPS) is 39.5. The highest BCUT2D eigenvalue weighted by atomic mass is 16.3. The zero-order valence-electron chi connectivity index (χ0n) is 8.59. The molecule has 1 aliphatic rings. The maximum atomic E-state index is 9.94. The van der Waals surface area contributed by atoms with Crippen LogP contribution in [-0.2, 0) is 0 Å². The van der Waals surface area contributed by atoms with Crippen molar-refractivity contribution >= 4 is 0 Å². The fourth-order valence-electron chi connectivity index (χ4n) is 2.36. The Bertz CT molecular complexity index is 133. The summed E-state index contributed by atoms with van der Waals surface area (Å²) in [6.45, 7) is 6.67. The van der Waals surface area contributed by atoms with Gasteiger partial charge in [-0.25, -0.2) is 0 Å². The second-order valence-electron chi connectivity index (χ2n) is 4.45. The molecule has 0 heterocycles. The van der Waals surface area contributed by atoms with Gasteiger partial charge in [-0.1, -0.05) is 33.6 Å². The van der Waals surface area contributed by atoms with E-state index < -0.39 is 0 Å². The Morgan fingerprint density at radius 1 is 1.42 bits per heavy atom. The van der Waals surface area contributed by atoms with Crippen molar-refractivity contribution in [2.75, 3.05) is 0 Å². The molecule has 4 atom stereocenters. The molecule has 0 aromatic heterocycles. The fraction of sp³-hybridized carbons (Fsp3) is 1.00. The average Bonchev–Trinajstić information content (AvgIpc) is 2.08. The van der Waals surface area contributed by atoms with Crippen molar-refractivity contribution in [3.8, 4) is 0 Å². The summed E-state index contributed by atoms with van der Waals surface area (Å²) in [6.07, 6.45) is 4.93. The van der Waals surface area contributed by atoms with Gasteiger partial charge in [0.1, 0.15) is 0 Å². The van der Waals surface area contributed by atoms with Crippen LogP contribution in [0.15, 0.2) is 0 Å². The first-order valence-corrected chi connectivity index (χ1v) is 5.34. The maximum absolute atomic E-state index is 9.94. The van der Waals surface area contributed by atoms with E-state index in [0.29, 0.717) is 17.8 Å². The van der Waals surface area contributed by atoms with E-state index in [0.717, 1.165) is 0 Å². The third-order valence-corrected chi connectivity index (χ3v) is 3.59. The SMILES string of the molecule is CCC(C)C1CCCC(C)C1O. The van der Waals surface area contributed by atoms with Crippen LogP contribution in [0.1, 0.15) is 46.5 Å². The van der Waals surface area contributed by atoms with E-state index in [9.17, 15) is 5.11 Å². The second-order valence-corrected chi connectivity index (χ2v) is 4.45. The number of rotatable bonds is 2. The Balaban J connectivity index is 2.51. The Morgan fingerprint density at radius 3 is 2.67 bits per heavy atom. The third-order valence-electron chi connectivity index (χ3n) is 3.59. The zero-order chi connectivity index (χ0) is 9.14. The van der Waals surface area contributed by atoms with E-state index in [4.69, 9.17) is 0 Å². The van der Waals surface area contributed by atoms with Crippen LogP contribution in [0.4, 0.5) is 0 Å². The fourth-order valence-corrected chi connectivity index (χ4v) is 2.36. The van der Waals surface area contributed by atoms with Gasteiger partial charge in [0.2, 0.25) is 0 Å². The molecule has 12 heavy (non-hydrogen) atoms. The van der Waals surface area contributed by atoms with Crippen LogP contribution in [0, 0.1) is 17.8 Å². The van der Waals surface area contributed by atoms with Gasteiger partial charge in [0, 0.05) is 0 Å². The van der Waals surface area contributed by atoms with Gasteiger partial charge in [-0.05, 0) is 30.6 Å². The highest BCUT2D eigenvalue weighted by Crippen LogP contribution is 2.34. The van der Waals surface area contributed by atoms with E-state index in [-0.39, 0.29) is 6.10 Å². The van der Waals surface area contributed by atoms with Crippen LogP contribution >= 0.6 is 0 Å². The molecule has 0 aliphatic heterocycles. The van der Waals surface area contributed by atoms with E-state index in [2.05, 4.69) is 20.8 Å². The summed E-state index contributed by atoms with van der Waals surface area (Å²) >= 11 is 0. The average molecular weight is 170 g/mol. The molecule has 1 nitrogen and oxygen atoms in total. The number of hydrogen-bond donors (Lipinski definition) is 1. The quantitative estimate of drug-likeness (QED) is 0.675. The van der Waals surface area contributed by atoms with Crippen LogP contribution in [0.5, 0.6) is 0 Å². The summed E-state index contributed by atoms with van der Waals surface area (Å²) in [4.78, 5) is 0. The molecule has 0 spiro atoms. The number of aliphatic hydroxyl groups is 1. The lowest BCUT2D eigenvalue weighted by atomic mass is 9.73. The van der Waals surface area contributed by atoms with E-state index in [1.54, 1.807) is 0 Å². The molecule has 0 bridgehead atoms. The third kappa shape index (κ3) is 2.01. The summed E-state index contributed by atoms with van der Waals surface area (Å²) in [5.74, 6) is 1.79. The monoisotopic (exact) mass is 170 g/mol. The topological polar surface area (TPSA) is 20.2 Å². The van der Waals surface area contributed by atoms with Crippen molar-refractivity contribution in [2.45, 2.75) is 52.6 Å². The summed E-state index contributed by atoms with van der Waals surface area (Å²) in [5.41, 5.74) is 0. The van der Waals surface area contributed by atoms with Crippen LogP contribution in [-0.4, -0.2) is 11.2 Å². The Kier molecular flexibility index (Phi) is 3.57. The van der Waals surface area contributed by atoms with Gasteiger partial charge in [0.15, 0.2) is 0 Å². The first kappa shape index (κ1) is 10.0. The molecule has 1 aliphatic carbocycles. The molecule has 1 saturated carbocycles. The van der Waals surface area contributed by atoms with E-state index >= 15 is 0 Å². The lowest BCUT2D eigenvalue weighted by Crippen LogP contribution is -2.35. The molecule has 1 N–H and O–H groups in total. The van der Waals surface area contributed by atoms with Gasteiger partial charge in [-0.2, -0.15) is 0 Å². The first-order valence-electron chi connectivity index (χ1n) is 5.34. The molecular weight excluding hydrogens is 148 g/mol. The minimum absolute atomic E-state index is 0.0336. The summed E-state index contributed by atoms with van der Waals surface area (Å²) in [6, 6.07) is 0. The Labute approximate surface area is 76.2 Å². The van der Waals surface area contributed by atoms with Gasteiger partial charge >= 0.3 is 0 Å². The molecule has 0 aromatic carbocycles. The number of hydrogen-bond acceptors (Lipinski definition) is 1. The van der Waals surface area contributed by atoms with Crippen LogP contribution in [0.2, 0.25) is 0 Å². The van der Waals surface area contributed by atoms with E-state index in [1.807, 2.05) is 0 Å². The highest BCUT2D eigenvalue weighted by Gasteiger charge is 2.31. The summed E-state index contributed by atoms with van der Waals surface area (Å²) in [5, 5.41) is 9.94. The van der Waals surface area contributed by atoms with Crippen molar-refractivity contribution < 1.29 is 5.11 Å². The molecule has 0 radical (unpaired) electrons. The van der Waals surface area contributed by atoms with Gasteiger partial charge < -0.3 is 5.11 Å². The Morgan fingerprint density at radius 2 is 2.08 bits per heavy atom. The van der Waals surface area contributed by atoms with Crippen molar-refractivity contribution in [1.82, 2.24) is 0 Å². The number of aliphatic hydroxyl groups excluding tert-OH is 1. The molecular formula is C11H22O. The van der Waals surface area contributed by atoms with Crippen molar-refractivity contribution in [1.29, 1.82) is 0 Å². The highest BCUT2D eigenvalue weighted by molar-refractivity contribution is 4.82. The van der Waals surface area contributed by atoms with Crippen molar-refractivity contribution in [3.63, 3.8) is 0 Å². The smallest absolute Gasteiger partial charge is 0.0596 e. The van der Waals surface area contributed by atoms with Crippen LogP contribution in [0.25, 0.3) is 0 Å². The maximum Gasteiger partial charge on any atom is 0.0596 e. The van der Waals surface area contributed by atoms with Crippen LogP contribution in [0.3, 0.4) is 0 Å². The molecule has 0 aromatic rings. The first-order chi connectivity index (χ1) is 5.66. The standard InChI is InChI=1S/C11H22O/c1-4-8(2)10-7-5-6-9(3)11(10)12/h8-12H,4-7H2,1-3H3. The lowest BCUT2D eigenvalue weighted by molar-refractivity contribution is 0.000488. The van der Waals surface area contributed by atoms with Gasteiger partial charge in [-0.3, -0.25) is 0 Å². The molecule has 0 amide bonds. The van der Waals surface area contributed by atoms with Gasteiger partial charge in [0.25, 0.3) is 0 Å². The predicted molar refractivity (Wildman–Crippen MR) is 52.0 cm³/mol. The minimum atomic E-state index is -0.0336. The molecule has 1 fully saturated rings. The molecule has 0 saturated heterocycles. The molecule has 1 heteroatoms.